The fraction of sp³-hybridized carbons (Fsp3) is 0.333. The summed E-state index contributed by atoms with van der Waals surface area (Å²) in [4.78, 5) is 23.4. The Labute approximate surface area is 142 Å². The van der Waals surface area contributed by atoms with Gasteiger partial charge in [0.1, 0.15) is 0 Å². The summed E-state index contributed by atoms with van der Waals surface area (Å²) in [6, 6.07) is 5.35. The van der Waals surface area contributed by atoms with E-state index < -0.39 is 18.0 Å². The van der Waals surface area contributed by atoms with Gasteiger partial charge in [-0.2, -0.15) is 0 Å². The van der Waals surface area contributed by atoms with E-state index in [1.165, 1.54) is 14.0 Å². The van der Waals surface area contributed by atoms with Crippen LogP contribution in [0.2, 0.25) is 0 Å². The van der Waals surface area contributed by atoms with E-state index in [9.17, 15) is 9.59 Å². The van der Waals surface area contributed by atoms with E-state index in [0.29, 0.717) is 18.0 Å². The van der Waals surface area contributed by atoms with Gasteiger partial charge in [-0.05, 0) is 31.5 Å². The predicted octanol–water partition coefficient (Wildman–Crippen LogP) is 2.34. The zero-order valence-corrected chi connectivity index (χ0v) is 14.2. The number of hydrogen-bond donors (Lipinski definition) is 1. The van der Waals surface area contributed by atoms with Crippen LogP contribution in [0, 0.1) is 0 Å². The quantitative estimate of drug-likeness (QED) is 0.555. The van der Waals surface area contributed by atoms with Gasteiger partial charge in [-0.3, -0.25) is 4.79 Å². The average molecular weight is 333 g/mol. The summed E-state index contributed by atoms with van der Waals surface area (Å²) in [5, 5.41) is 2.55. The maximum atomic E-state index is 11.8. The zero-order valence-electron chi connectivity index (χ0n) is 14.2. The number of benzene rings is 1. The van der Waals surface area contributed by atoms with E-state index in [1.807, 2.05) is 25.1 Å². The summed E-state index contributed by atoms with van der Waals surface area (Å²) in [5.74, 6) is -0.103. The van der Waals surface area contributed by atoms with Crippen LogP contribution in [0.5, 0.6) is 11.5 Å². The molecule has 1 atom stereocenters. The summed E-state index contributed by atoms with van der Waals surface area (Å²) in [5.41, 5.74) is 0.955. The molecule has 1 rings (SSSR count). The Kier molecular flexibility index (Phi) is 8.11. The second-order valence-electron chi connectivity index (χ2n) is 4.86. The Morgan fingerprint density at radius 2 is 2.08 bits per heavy atom. The number of carbonyl (C=O) groups is 2. The Morgan fingerprint density at radius 1 is 1.33 bits per heavy atom. The van der Waals surface area contributed by atoms with Crippen LogP contribution < -0.4 is 14.8 Å². The molecule has 0 saturated carbocycles. The third-order valence-electron chi connectivity index (χ3n) is 2.99. The molecule has 0 aliphatic heterocycles. The molecule has 130 valence electrons. The number of esters is 1. The first-order chi connectivity index (χ1) is 11.5. The molecule has 0 aromatic heterocycles. The van der Waals surface area contributed by atoms with Gasteiger partial charge in [-0.25, -0.2) is 4.79 Å². The van der Waals surface area contributed by atoms with E-state index in [1.54, 1.807) is 18.2 Å². The molecule has 0 saturated heterocycles. The molecule has 1 unspecified atom stereocenters. The summed E-state index contributed by atoms with van der Waals surface area (Å²) in [7, 11) is 1.52. The molecule has 0 aliphatic rings. The van der Waals surface area contributed by atoms with Gasteiger partial charge in [0.15, 0.2) is 24.2 Å². The fourth-order valence-corrected chi connectivity index (χ4v) is 1.84. The maximum absolute atomic E-state index is 11.8. The lowest BCUT2D eigenvalue weighted by molar-refractivity contribution is -0.156. The Balaban J connectivity index is 2.57. The molecule has 0 fully saturated rings. The predicted molar refractivity (Wildman–Crippen MR) is 92.0 cm³/mol. The lowest BCUT2D eigenvalue weighted by Gasteiger charge is -2.14. The fourth-order valence-electron chi connectivity index (χ4n) is 1.84. The molecule has 1 aromatic rings. The highest BCUT2D eigenvalue weighted by molar-refractivity contribution is 5.83. The number of hydrogen-bond acceptors (Lipinski definition) is 5. The van der Waals surface area contributed by atoms with Crippen molar-refractivity contribution in [3.63, 3.8) is 0 Å². The number of ether oxygens (including phenoxy) is 3. The van der Waals surface area contributed by atoms with Gasteiger partial charge in [0.2, 0.25) is 0 Å². The second kappa shape index (κ2) is 10.1. The van der Waals surface area contributed by atoms with Crippen molar-refractivity contribution in [3.8, 4) is 11.5 Å². The SMILES string of the molecule is C=CCNC(=O)C(C)OC(=O)COc1ccc(/C=C/C)cc1OC. The van der Waals surface area contributed by atoms with Gasteiger partial charge in [0.05, 0.1) is 7.11 Å². The van der Waals surface area contributed by atoms with Crippen molar-refractivity contribution in [3.05, 3.63) is 42.5 Å². The van der Waals surface area contributed by atoms with Crippen molar-refractivity contribution in [2.75, 3.05) is 20.3 Å². The van der Waals surface area contributed by atoms with Crippen LogP contribution in [0.1, 0.15) is 19.4 Å². The van der Waals surface area contributed by atoms with Crippen LogP contribution in [0.25, 0.3) is 6.08 Å². The van der Waals surface area contributed by atoms with Crippen molar-refractivity contribution >= 4 is 18.0 Å². The molecule has 0 heterocycles. The third kappa shape index (κ3) is 6.16. The number of carbonyl (C=O) groups excluding carboxylic acids is 2. The van der Waals surface area contributed by atoms with Crippen LogP contribution in [-0.2, 0) is 14.3 Å². The van der Waals surface area contributed by atoms with Crippen molar-refractivity contribution in [1.29, 1.82) is 0 Å². The standard InChI is InChI=1S/C18H23NO5/c1-5-7-14-8-9-15(16(11-14)22-4)23-12-17(20)24-13(3)18(21)19-10-6-2/h5-9,11,13H,2,10,12H2,1,3-4H3,(H,19,21)/b7-5+. The average Bonchev–Trinajstić information content (AvgIpc) is 2.58. The van der Waals surface area contributed by atoms with Gasteiger partial charge in [0.25, 0.3) is 5.91 Å². The van der Waals surface area contributed by atoms with Crippen LogP contribution in [0.15, 0.2) is 36.9 Å². The van der Waals surface area contributed by atoms with Gasteiger partial charge in [-0.1, -0.05) is 24.3 Å². The van der Waals surface area contributed by atoms with Crippen LogP contribution in [0.3, 0.4) is 0 Å². The molecular weight excluding hydrogens is 310 g/mol. The number of methoxy groups -OCH3 is 1. The second-order valence-corrected chi connectivity index (χ2v) is 4.86. The van der Waals surface area contributed by atoms with E-state index in [4.69, 9.17) is 14.2 Å². The summed E-state index contributed by atoms with van der Waals surface area (Å²) < 4.78 is 15.7. The minimum atomic E-state index is -0.903. The van der Waals surface area contributed by atoms with E-state index in [2.05, 4.69) is 11.9 Å². The third-order valence-corrected chi connectivity index (χ3v) is 2.99. The molecule has 0 aliphatic carbocycles. The topological polar surface area (TPSA) is 73.9 Å². The first-order valence-corrected chi connectivity index (χ1v) is 7.53. The number of nitrogens with one attached hydrogen (secondary N) is 1. The summed E-state index contributed by atoms with van der Waals surface area (Å²) in [6.07, 6.45) is 4.47. The first kappa shape index (κ1) is 19.3. The Hall–Kier alpha value is -2.76. The molecule has 1 aromatic carbocycles. The van der Waals surface area contributed by atoms with E-state index >= 15 is 0 Å². The summed E-state index contributed by atoms with van der Waals surface area (Å²) in [6.45, 7) is 6.89. The van der Waals surface area contributed by atoms with Gasteiger partial charge in [0, 0.05) is 6.54 Å². The van der Waals surface area contributed by atoms with Crippen LogP contribution in [-0.4, -0.2) is 38.2 Å². The molecule has 1 N–H and O–H groups in total. The molecule has 1 amide bonds. The van der Waals surface area contributed by atoms with Crippen molar-refractivity contribution < 1.29 is 23.8 Å². The summed E-state index contributed by atoms with van der Waals surface area (Å²) >= 11 is 0. The van der Waals surface area contributed by atoms with Crippen LogP contribution >= 0.6 is 0 Å². The minimum Gasteiger partial charge on any atom is -0.493 e. The molecule has 0 spiro atoms. The van der Waals surface area contributed by atoms with Gasteiger partial charge >= 0.3 is 5.97 Å². The molecule has 24 heavy (non-hydrogen) atoms. The van der Waals surface area contributed by atoms with E-state index in [0.717, 1.165) is 5.56 Å². The van der Waals surface area contributed by atoms with Crippen molar-refractivity contribution in [1.82, 2.24) is 5.32 Å². The van der Waals surface area contributed by atoms with Gasteiger partial charge in [-0.15, -0.1) is 6.58 Å². The lowest BCUT2D eigenvalue weighted by Crippen LogP contribution is -2.36. The van der Waals surface area contributed by atoms with Crippen LogP contribution in [0.4, 0.5) is 0 Å². The maximum Gasteiger partial charge on any atom is 0.344 e. The highest BCUT2D eigenvalue weighted by atomic mass is 16.6. The number of allylic oxidation sites excluding steroid dienone is 1. The Morgan fingerprint density at radius 3 is 2.71 bits per heavy atom. The van der Waals surface area contributed by atoms with Gasteiger partial charge < -0.3 is 19.5 Å². The Bertz CT molecular complexity index is 609. The number of amides is 1. The highest BCUT2D eigenvalue weighted by Gasteiger charge is 2.18. The normalized spacial score (nSPS) is 11.6. The molecule has 6 heteroatoms. The molecule has 0 radical (unpaired) electrons. The largest absolute Gasteiger partial charge is 0.493 e. The van der Waals surface area contributed by atoms with Crippen molar-refractivity contribution in [2.45, 2.75) is 20.0 Å². The molecule has 0 bridgehead atoms. The number of rotatable bonds is 9. The lowest BCUT2D eigenvalue weighted by atomic mass is 10.2. The molecular formula is C18H23NO5. The zero-order chi connectivity index (χ0) is 17.9. The first-order valence-electron chi connectivity index (χ1n) is 7.53. The highest BCUT2D eigenvalue weighted by Crippen LogP contribution is 2.28. The minimum absolute atomic E-state index is 0.312. The smallest absolute Gasteiger partial charge is 0.344 e. The van der Waals surface area contributed by atoms with Crippen molar-refractivity contribution in [2.24, 2.45) is 0 Å². The van der Waals surface area contributed by atoms with E-state index in [-0.39, 0.29) is 6.61 Å². The molecule has 6 nitrogen and oxygen atoms in total. The monoisotopic (exact) mass is 333 g/mol.